The number of likely N-dealkylation sites (tertiary alicyclic amines) is 1. The van der Waals surface area contributed by atoms with Crippen molar-refractivity contribution in [2.75, 3.05) is 32.2 Å². The van der Waals surface area contributed by atoms with Gasteiger partial charge in [0.2, 0.25) is 0 Å². The number of methoxy groups -OCH3 is 2. The predicted octanol–water partition coefficient (Wildman–Crippen LogP) is 4.09. The van der Waals surface area contributed by atoms with E-state index in [1.54, 1.807) is 25.3 Å². The minimum atomic E-state index is -0.319. The number of aryl methyl sites for hydroxylation is 2. The molecular formula is C25H28N2O4. The molecule has 0 aliphatic carbocycles. The van der Waals surface area contributed by atoms with Crippen LogP contribution >= 0.6 is 0 Å². The summed E-state index contributed by atoms with van der Waals surface area (Å²) in [5, 5.41) is 0. The number of carbonyl (C=O) groups is 2. The maximum atomic E-state index is 13.8. The van der Waals surface area contributed by atoms with Crippen molar-refractivity contribution in [1.82, 2.24) is 4.90 Å². The highest BCUT2D eigenvalue weighted by Gasteiger charge is 2.44. The first-order chi connectivity index (χ1) is 15.0. The van der Waals surface area contributed by atoms with E-state index in [4.69, 9.17) is 9.47 Å². The summed E-state index contributed by atoms with van der Waals surface area (Å²) in [6, 6.07) is 11.1. The van der Waals surface area contributed by atoms with Crippen molar-refractivity contribution in [3.05, 3.63) is 58.8 Å². The molecule has 2 heterocycles. The van der Waals surface area contributed by atoms with Crippen LogP contribution in [-0.4, -0.2) is 44.0 Å². The molecular weight excluding hydrogens is 392 g/mol. The molecule has 4 rings (SSSR count). The number of amides is 2. The van der Waals surface area contributed by atoms with Gasteiger partial charge in [-0.3, -0.25) is 9.59 Å². The van der Waals surface area contributed by atoms with Crippen LogP contribution in [0.25, 0.3) is 5.57 Å². The van der Waals surface area contributed by atoms with Crippen LogP contribution in [0.15, 0.2) is 42.1 Å². The summed E-state index contributed by atoms with van der Waals surface area (Å²) in [4.78, 5) is 30.8. The summed E-state index contributed by atoms with van der Waals surface area (Å²) in [5.41, 5.74) is 4.30. The third-order valence-electron chi connectivity index (χ3n) is 6.01. The van der Waals surface area contributed by atoms with Crippen LogP contribution in [0.1, 0.15) is 36.0 Å². The van der Waals surface area contributed by atoms with Crippen LogP contribution in [0.3, 0.4) is 0 Å². The molecule has 2 aromatic rings. The Kier molecular flexibility index (Phi) is 5.72. The molecule has 162 valence electrons. The number of imide groups is 1. The Bertz CT molecular complexity index is 1070. The van der Waals surface area contributed by atoms with Gasteiger partial charge in [-0.1, -0.05) is 23.8 Å². The lowest BCUT2D eigenvalue weighted by atomic mass is 9.96. The number of nitrogens with zero attached hydrogens (tertiary/aromatic N) is 2. The minimum absolute atomic E-state index is 0.301. The van der Waals surface area contributed by atoms with E-state index in [0.29, 0.717) is 28.5 Å². The lowest BCUT2D eigenvalue weighted by Gasteiger charge is -2.30. The van der Waals surface area contributed by atoms with Crippen molar-refractivity contribution in [2.45, 2.75) is 33.1 Å². The molecule has 1 fully saturated rings. The number of benzene rings is 2. The average molecular weight is 421 g/mol. The maximum Gasteiger partial charge on any atom is 0.282 e. The molecule has 1 saturated heterocycles. The fourth-order valence-electron chi connectivity index (χ4n) is 4.45. The molecule has 0 atom stereocenters. The quantitative estimate of drug-likeness (QED) is 0.682. The molecule has 2 amide bonds. The Labute approximate surface area is 183 Å². The third kappa shape index (κ3) is 3.67. The van der Waals surface area contributed by atoms with Gasteiger partial charge in [-0.2, -0.15) is 0 Å². The number of carbonyl (C=O) groups excluding carboxylic acids is 2. The van der Waals surface area contributed by atoms with Crippen molar-refractivity contribution < 1.29 is 19.1 Å². The molecule has 31 heavy (non-hydrogen) atoms. The number of anilines is 1. The topological polar surface area (TPSA) is 59.1 Å². The maximum absolute atomic E-state index is 13.8. The van der Waals surface area contributed by atoms with Gasteiger partial charge in [0.25, 0.3) is 11.8 Å². The summed E-state index contributed by atoms with van der Waals surface area (Å²) in [6.45, 7) is 5.55. The zero-order valence-electron chi connectivity index (χ0n) is 18.5. The zero-order valence-corrected chi connectivity index (χ0v) is 18.5. The van der Waals surface area contributed by atoms with E-state index >= 15 is 0 Å². The van der Waals surface area contributed by atoms with Gasteiger partial charge in [0, 0.05) is 19.2 Å². The Balaban J connectivity index is 1.87. The summed E-state index contributed by atoms with van der Waals surface area (Å²) < 4.78 is 10.8. The van der Waals surface area contributed by atoms with Crippen molar-refractivity contribution in [2.24, 2.45) is 0 Å². The largest absolute Gasteiger partial charge is 0.497 e. The summed E-state index contributed by atoms with van der Waals surface area (Å²) in [6.07, 6.45) is 3.16. The van der Waals surface area contributed by atoms with Crippen molar-refractivity contribution >= 4 is 23.1 Å². The van der Waals surface area contributed by atoms with E-state index in [0.717, 1.165) is 49.0 Å². The van der Waals surface area contributed by atoms with Crippen molar-refractivity contribution in [1.29, 1.82) is 0 Å². The van der Waals surface area contributed by atoms with Gasteiger partial charge in [-0.25, -0.2) is 4.90 Å². The first-order valence-corrected chi connectivity index (χ1v) is 10.6. The Morgan fingerprint density at radius 3 is 2.23 bits per heavy atom. The number of rotatable bonds is 5. The summed E-state index contributed by atoms with van der Waals surface area (Å²) in [5.74, 6) is 0.394. The first-order valence-electron chi connectivity index (χ1n) is 10.6. The lowest BCUT2D eigenvalue weighted by molar-refractivity contribution is -0.120. The van der Waals surface area contributed by atoms with E-state index in [2.05, 4.69) is 4.90 Å². The fraction of sp³-hybridized carbons (Fsp3) is 0.360. The van der Waals surface area contributed by atoms with Gasteiger partial charge in [-0.05, 0) is 56.4 Å². The molecule has 6 nitrogen and oxygen atoms in total. The molecule has 2 aliphatic rings. The zero-order chi connectivity index (χ0) is 22.1. The van der Waals surface area contributed by atoms with Gasteiger partial charge in [0.15, 0.2) is 0 Å². The van der Waals surface area contributed by atoms with E-state index in [-0.39, 0.29) is 11.8 Å². The SMILES string of the molecule is COc1ccc(N2C(=O)C(c3ccc(C)cc3C)=C(N3CCCCC3)C2=O)c(OC)c1. The van der Waals surface area contributed by atoms with Crippen molar-refractivity contribution in [3.63, 3.8) is 0 Å². The number of ether oxygens (including phenoxy) is 2. The second-order valence-electron chi connectivity index (χ2n) is 8.07. The molecule has 0 bridgehead atoms. The normalized spacial score (nSPS) is 16.9. The van der Waals surface area contributed by atoms with Gasteiger partial charge >= 0.3 is 0 Å². The van der Waals surface area contributed by atoms with E-state index in [9.17, 15) is 9.59 Å². The molecule has 2 aliphatic heterocycles. The monoisotopic (exact) mass is 420 g/mol. The van der Waals surface area contributed by atoms with Gasteiger partial charge in [-0.15, -0.1) is 0 Å². The van der Waals surface area contributed by atoms with E-state index in [1.807, 2.05) is 32.0 Å². The highest BCUT2D eigenvalue weighted by molar-refractivity contribution is 6.45. The molecule has 0 N–H and O–H groups in total. The second kappa shape index (κ2) is 8.46. The van der Waals surface area contributed by atoms with Crippen LogP contribution in [0.4, 0.5) is 5.69 Å². The Morgan fingerprint density at radius 1 is 0.839 bits per heavy atom. The fourth-order valence-corrected chi connectivity index (χ4v) is 4.45. The summed E-state index contributed by atoms with van der Waals surface area (Å²) >= 11 is 0. The first kappa shape index (κ1) is 21.0. The minimum Gasteiger partial charge on any atom is -0.497 e. The van der Waals surface area contributed by atoms with Crippen molar-refractivity contribution in [3.8, 4) is 11.5 Å². The lowest BCUT2D eigenvalue weighted by Crippen LogP contribution is -2.37. The molecule has 0 unspecified atom stereocenters. The van der Waals surface area contributed by atoms with Crippen LogP contribution in [0.2, 0.25) is 0 Å². The molecule has 6 heteroatoms. The molecule has 0 aromatic heterocycles. The van der Waals surface area contributed by atoms with Gasteiger partial charge in [0.05, 0.1) is 25.5 Å². The van der Waals surface area contributed by atoms with Crippen LogP contribution < -0.4 is 14.4 Å². The summed E-state index contributed by atoms with van der Waals surface area (Å²) in [7, 11) is 3.09. The third-order valence-corrected chi connectivity index (χ3v) is 6.01. The number of hydrogen-bond donors (Lipinski definition) is 0. The Morgan fingerprint density at radius 2 is 1.58 bits per heavy atom. The van der Waals surface area contributed by atoms with Crippen LogP contribution in [0, 0.1) is 13.8 Å². The molecule has 0 radical (unpaired) electrons. The van der Waals surface area contributed by atoms with E-state index < -0.39 is 0 Å². The number of hydrogen-bond acceptors (Lipinski definition) is 5. The molecule has 0 spiro atoms. The standard InChI is InChI=1S/C25H28N2O4/c1-16-8-10-19(17(2)14-16)22-23(26-12-6-5-7-13-26)25(29)27(24(22)28)20-11-9-18(30-3)15-21(20)31-4/h8-11,14-15H,5-7,12-13H2,1-4H3. The molecule has 0 saturated carbocycles. The molecule has 2 aromatic carbocycles. The van der Waals surface area contributed by atoms with Gasteiger partial charge < -0.3 is 14.4 Å². The Hall–Kier alpha value is -3.28. The van der Waals surface area contributed by atoms with Crippen LogP contribution in [-0.2, 0) is 9.59 Å². The van der Waals surface area contributed by atoms with E-state index in [1.165, 1.54) is 12.0 Å². The highest BCUT2D eigenvalue weighted by atomic mass is 16.5. The van der Waals surface area contributed by atoms with Crippen LogP contribution in [0.5, 0.6) is 11.5 Å². The van der Waals surface area contributed by atoms with Gasteiger partial charge in [0.1, 0.15) is 17.2 Å². The average Bonchev–Trinajstić information content (AvgIpc) is 3.03. The second-order valence-corrected chi connectivity index (χ2v) is 8.07. The highest BCUT2D eigenvalue weighted by Crippen LogP contribution is 2.41. The number of piperidine rings is 1. The predicted molar refractivity (Wildman–Crippen MR) is 120 cm³/mol. The smallest absolute Gasteiger partial charge is 0.282 e.